The summed E-state index contributed by atoms with van der Waals surface area (Å²) in [4.78, 5) is 11.6. The molecular formula is C14H29NO6. The molecule has 7 heteroatoms. The molecule has 4 unspecified atom stereocenters. The molecule has 0 fully saturated rings. The maximum atomic E-state index is 11.6. The number of rotatable bonds is 12. The molecule has 6 N–H and O–H groups in total. The van der Waals surface area contributed by atoms with Crippen molar-refractivity contribution in [2.75, 3.05) is 13.2 Å². The molecule has 21 heavy (non-hydrogen) atoms. The predicted molar refractivity (Wildman–Crippen MR) is 77.5 cm³/mol. The van der Waals surface area contributed by atoms with Crippen molar-refractivity contribution in [2.45, 2.75) is 69.9 Å². The fourth-order valence-corrected chi connectivity index (χ4v) is 1.90. The molecule has 0 rings (SSSR count). The van der Waals surface area contributed by atoms with Crippen LogP contribution in [0.4, 0.5) is 0 Å². The summed E-state index contributed by atoms with van der Waals surface area (Å²) >= 11 is 0. The topological polar surface area (TPSA) is 130 Å². The van der Waals surface area contributed by atoms with Crippen molar-refractivity contribution in [3.05, 3.63) is 0 Å². The Morgan fingerprint density at radius 3 is 2.10 bits per heavy atom. The molecule has 126 valence electrons. The molecule has 0 aromatic carbocycles. The van der Waals surface area contributed by atoms with Crippen LogP contribution in [-0.4, -0.2) is 69.0 Å². The number of hydrogen-bond donors (Lipinski definition) is 6. The van der Waals surface area contributed by atoms with Crippen molar-refractivity contribution in [3.8, 4) is 0 Å². The van der Waals surface area contributed by atoms with E-state index in [-0.39, 0.29) is 0 Å². The second kappa shape index (κ2) is 11.9. The van der Waals surface area contributed by atoms with E-state index in [0.717, 1.165) is 25.7 Å². The molecule has 7 nitrogen and oxygen atoms in total. The number of carbonyl (C=O) groups excluding carboxylic acids is 1. The third kappa shape index (κ3) is 8.33. The first-order chi connectivity index (χ1) is 9.95. The van der Waals surface area contributed by atoms with Crippen LogP contribution < -0.4 is 5.32 Å². The lowest BCUT2D eigenvalue weighted by atomic mass is 10.0. The highest BCUT2D eigenvalue weighted by atomic mass is 16.4. The average molecular weight is 307 g/mol. The first-order valence-corrected chi connectivity index (χ1v) is 7.56. The Labute approximate surface area is 125 Å². The Balaban J connectivity index is 3.89. The molecular weight excluding hydrogens is 278 g/mol. The van der Waals surface area contributed by atoms with Crippen LogP contribution in [0.2, 0.25) is 0 Å². The van der Waals surface area contributed by atoms with Gasteiger partial charge in [0.1, 0.15) is 18.3 Å². The third-order valence-electron chi connectivity index (χ3n) is 3.35. The number of hydrogen-bond acceptors (Lipinski definition) is 6. The van der Waals surface area contributed by atoms with Crippen LogP contribution in [0.25, 0.3) is 0 Å². The molecule has 0 heterocycles. The van der Waals surface area contributed by atoms with E-state index in [1.165, 1.54) is 12.8 Å². The van der Waals surface area contributed by atoms with Crippen molar-refractivity contribution in [3.63, 3.8) is 0 Å². The van der Waals surface area contributed by atoms with Gasteiger partial charge >= 0.3 is 0 Å². The lowest BCUT2D eigenvalue weighted by Gasteiger charge is -2.24. The van der Waals surface area contributed by atoms with E-state index >= 15 is 0 Å². The van der Waals surface area contributed by atoms with Crippen LogP contribution in [0.5, 0.6) is 0 Å². The van der Waals surface area contributed by atoms with E-state index in [0.29, 0.717) is 6.54 Å². The van der Waals surface area contributed by atoms with Crippen molar-refractivity contribution >= 4 is 5.91 Å². The highest BCUT2D eigenvalue weighted by molar-refractivity contribution is 5.81. The second-order valence-electron chi connectivity index (χ2n) is 5.23. The fourth-order valence-electron chi connectivity index (χ4n) is 1.90. The van der Waals surface area contributed by atoms with Crippen LogP contribution in [0, 0.1) is 0 Å². The maximum Gasteiger partial charge on any atom is 0.251 e. The lowest BCUT2D eigenvalue weighted by Crippen LogP contribution is -2.51. The monoisotopic (exact) mass is 307 g/mol. The Kier molecular flexibility index (Phi) is 11.5. The molecule has 0 aromatic heterocycles. The molecule has 0 aliphatic heterocycles. The Morgan fingerprint density at radius 2 is 1.52 bits per heavy atom. The van der Waals surface area contributed by atoms with Crippen molar-refractivity contribution in [1.82, 2.24) is 5.32 Å². The summed E-state index contributed by atoms with van der Waals surface area (Å²) in [5, 5.41) is 48.7. The molecule has 0 saturated carbocycles. The fraction of sp³-hybridized carbons (Fsp3) is 0.929. The van der Waals surface area contributed by atoms with Gasteiger partial charge in [-0.3, -0.25) is 4.79 Å². The van der Waals surface area contributed by atoms with Gasteiger partial charge in [0.2, 0.25) is 0 Å². The molecule has 0 aliphatic rings. The molecule has 4 atom stereocenters. The largest absolute Gasteiger partial charge is 0.394 e. The van der Waals surface area contributed by atoms with Crippen LogP contribution in [-0.2, 0) is 4.79 Å². The van der Waals surface area contributed by atoms with Gasteiger partial charge in [-0.1, -0.05) is 39.0 Å². The summed E-state index contributed by atoms with van der Waals surface area (Å²) in [5.41, 5.74) is 0. The Bertz CT molecular complexity index is 276. The summed E-state index contributed by atoms with van der Waals surface area (Å²) in [5.74, 6) is -0.805. The molecule has 0 spiro atoms. The SMILES string of the molecule is CCCCCCCCNC(=O)C(O)C(O)C(O)C(O)CO. The van der Waals surface area contributed by atoms with Crippen molar-refractivity contribution in [2.24, 2.45) is 0 Å². The zero-order valence-electron chi connectivity index (χ0n) is 12.6. The Hall–Kier alpha value is -0.730. The van der Waals surface area contributed by atoms with E-state index in [9.17, 15) is 20.1 Å². The smallest absolute Gasteiger partial charge is 0.251 e. The highest BCUT2D eigenvalue weighted by Crippen LogP contribution is 2.06. The zero-order chi connectivity index (χ0) is 16.3. The quantitative estimate of drug-likeness (QED) is 0.254. The molecule has 1 amide bonds. The van der Waals surface area contributed by atoms with Gasteiger partial charge in [0, 0.05) is 6.54 Å². The van der Waals surface area contributed by atoms with Gasteiger partial charge in [-0.2, -0.15) is 0 Å². The number of unbranched alkanes of at least 4 members (excludes halogenated alkanes) is 5. The maximum absolute atomic E-state index is 11.6. The predicted octanol–water partition coefficient (Wildman–Crippen LogP) is -1.10. The summed E-state index contributed by atoms with van der Waals surface area (Å²) in [6.07, 6.45) is -0.715. The molecule has 0 aliphatic carbocycles. The van der Waals surface area contributed by atoms with Gasteiger partial charge in [-0.15, -0.1) is 0 Å². The number of amides is 1. The van der Waals surface area contributed by atoms with Crippen molar-refractivity contribution < 1.29 is 30.3 Å². The summed E-state index contributed by atoms with van der Waals surface area (Å²) in [7, 11) is 0. The number of aliphatic hydroxyl groups excluding tert-OH is 5. The van der Waals surface area contributed by atoms with Crippen LogP contribution in [0.3, 0.4) is 0 Å². The zero-order valence-corrected chi connectivity index (χ0v) is 12.6. The standard InChI is InChI=1S/C14H29NO6/c1-2-3-4-5-6-7-8-15-14(21)13(20)12(19)11(18)10(17)9-16/h10-13,16-20H,2-9H2,1H3,(H,15,21). The van der Waals surface area contributed by atoms with Gasteiger partial charge in [0.05, 0.1) is 6.61 Å². The van der Waals surface area contributed by atoms with E-state index in [1.807, 2.05) is 0 Å². The molecule has 0 saturated heterocycles. The van der Waals surface area contributed by atoms with Gasteiger partial charge in [-0.05, 0) is 6.42 Å². The minimum atomic E-state index is -1.85. The minimum Gasteiger partial charge on any atom is -0.394 e. The molecule has 0 bridgehead atoms. The van der Waals surface area contributed by atoms with E-state index in [2.05, 4.69) is 12.2 Å². The average Bonchev–Trinajstić information content (AvgIpc) is 2.50. The van der Waals surface area contributed by atoms with E-state index < -0.39 is 36.9 Å². The highest BCUT2D eigenvalue weighted by Gasteiger charge is 2.33. The van der Waals surface area contributed by atoms with E-state index in [4.69, 9.17) is 10.2 Å². The number of aliphatic hydroxyl groups is 5. The first kappa shape index (κ1) is 20.3. The Morgan fingerprint density at radius 1 is 0.952 bits per heavy atom. The van der Waals surface area contributed by atoms with Gasteiger partial charge < -0.3 is 30.8 Å². The van der Waals surface area contributed by atoms with Crippen molar-refractivity contribution in [1.29, 1.82) is 0 Å². The van der Waals surface area contributed by atoms with Crippen LogP contribution in [0.1, 0.15) is 45.4 Å². The lowest BCUT2D eigenvalue weighted by molar-refractivity contribution is -0.148. The van der Waals surface area contributed by atoms with E-state index in [1.54, 1.807) is 0 Å². The van der Waals surface area contributed by atoms with Gasteiger partial charge in [0.25, 0.3) is 5.91 Å². The summed E-state index contributed by atoms with van der Waals surface area (Å²) in [6, 6.07) is 0. The second-order valence-corrected chi connectivity index (χ2v) is 5.23. The van der Waals surface area contributed by atoms with Gasteiger partial charge in [-0.25, -0.2) is 0 Å². The minimum absolute atomic E-state index is 0.382. The first-order valence-electron chi connectivity index (χ1n) is 7.56. The normalized spacial score (nSPS) is 17.0. The van der Waals surface area contributed by atoms with Gasteiger partial charge in [0.15, 0.2) is 6.10 Å². The molecule has 0 aromatic rings. The molecule has 0 radical (unpaired) electrons. The number of nitrogens with one attached hydrogen (secondary N) is 1. The van der Waals surface area contributed by atoms with Crippen LogP contribution in [0.15, 0.2) is 0 Å². The number of carbonyl (C=O) groups is 1. The summed E-state index contributed by atoms with van der Waals surface area (Å²) < 4.78 is 0. The van der Waals surface area contributed by atoms with Crippen LogP contribution >= 0.6 is 0 Å². The summed E-state index contributed by atoms with van der Waals surface area (Å²) in [6.45, 7) is 1.74. The third-order valence-corrected chi connectivity index (χ3v) is 3.35.